The number of carbonyl (C=O) groups is 1. The van der Waals surface area contributed by atoms with Gasteiger partial charge in [0.25, 0.3) is 10.0 Å². The predicted octanol–water partition coefficient (Wildman–Crippen LogP) is 2.62. The van der Waals surface area contributed by atoms with E-state index in [1.54, 1.807) is 48.7 Å². The minimum atomic E-state index is -3.76. The van der Waals surface area contributed by atoms with Gasteiger partial charge in [0.2, 0.25) is 0 Å². The van der Waals surface area contributed by atoms with E-state index in [4.69, 9.17) is 9.47 Å². The number of aromatic nitrogens is 1. The van der Waals surface area contributed by atoms with Crippen LogP contribution in [0.25, 0.3) is 0 Å². The topological polar surface area (TPSA) is 107 Å². The summed E-state index contributed by atoms with van der Waals surface area (Å²) in [6.45, 7) is 0. The molecule has 8 nitrogen and oxygen atoms in total. The van der Waals surface area contributed by atoms with Crippen molar-refractivity contribution in [3.05, 3.63) is 84.2 Å². The summed E-state index contributed by atoms with van der Waals surface area (Å²) in [5.74, 6) is -0.0751. The number of pyridine rings is 1. The number of methoxy groups -OCH3 is 1. The Hall–Kier alpha value is -3.72. The van der Waals surface area contributed by atoms with Gasteiger partial charge in [0.1, 0.15) is 0 Å². The Morgan fingerprint density at radius 2 is 1.86 bits per heavy atom. The molecule has 1 heterocycles. The molecule has 29 heavy (non-hydrogen) atoms. The minimum Gasteiger partial charge on any atom is -0.493 e. The van der Waals surface area contributed by atoms with E-state index in [1.165, 1.54) is 37.7 Å². The Labute approximate surface area is 167 Å². The van der Waals surface area contributed by atoms with E-state index < -0.39 is 16.0 Å². The van der Waals surface area contributed by atoms with Gasteiger partial charge in [-0.25, -0.2) is 9.63 Å². The van der Waals surface area contributed by atoms with Crippen molar-refractivity contribution in [3.8, 4) is 11.5 Å². The fraction of sp³-hybridized carbons (Fsp3) is 0.0500. The number of sulfonamides is 1. The molecule has 0 radical (unpaired) electrons. The quantitative estimate of drug-likeness (QED) is 0.277. The van der Waals surface area contributed by atoms with Gasteiger partial charge in [-0.3, -0.25) is 4.98 Å². The number of hydrogen-bond donors (Lipinski definition) is 1. The second-order valence-electron chi connectivity index (χ2n) is 5.71. The van der Waals surface area contributed by atoms with Crippen LogP contribution in [0.4, 0.5) is 0 Å². The van der Waals surface area contributed by atoms with Crippen molar-refractivity contribution in [2.45, 2.75) is 4.90 Å². The van der Waals surface area contributed by atoms with Crippen LogP contribution in [-0.2, 0) is 10.0 Å². The SMILES string of the molecule is COc1cc(C=NNS(=O)(=O)c2ccccc2)ccc1OC(=O)c1cccnc1. The van der Waals surface area contributed by atoms with Crippen molar-refractivity contribution < 1.29 is 22.7 Å². The molecule has 0 unspecified atom stereocenters. The molecule has 0 saturated heterocycles. The molecule has 9 heteroatoms. The lowest BCUT2D eigenvalue weighted by molar-refractivity contribution is 0.0729. The lowest BCUT2D eigenvalue weighted by Crippen LogP contribution is -2.18. The summed E-state index contributed by atoms with van der Waals surface area (Å²) in [5, 5.41) is 3.77. The summed E-state index contributed by atoms with van der Waals surface area (Å²) < 4.78 is 34.9. The Bertz CT molecular complexity index is 1120. The Kier molecular flexibility index (Phi) is 6.20. The molecule has 1 N–H and O–H groups in total. The smallest absolute Gasteiger partial charge is 0.345 e. The fourth-order valence-electron chi connectivity index (χ4n) is 2.31. The van der Waals surface area contributed by atoms with Gasteiger partial charge >= 0.3 is 5.97 Å². The first-order chi connectivity index (χ1) is 14.0. The molecule has 0 saturated carbocycles. The third kappa shape index (κ3) is 5.17. The van der Waals surface area contributed by atoms with Gasteiger partial charge in [-0.2, -0.15) is 13.5 Å². The van der Waals surface area contributed by atoms with Crippen molar-refractivity contribution in [1.82, 2.24) is 9.82 Å². The van der Waals surface area contributed by atoms with Crippen LogP contribution in [0.2, 0.25) is 0 Å². The molecule has 2 aromatic carbocycles. The summed E-state index contributed by atoms with van der Waals surface area (Å²) in [7, 11) is -2.33. The van der Waals surface area contributed by atoms with Gasteiger partial charge in [0, 0.05) is 12.4 Å². The molecule has 3 aromatic rings. The van der Waals surface area contributed by atoms with Crippen LogP contribution < -0.4 is 14.3 Å². The van der Waals surface area contributed by atoms with Crippen molar-refractivity contribution >= 4 is 22.2 Å². The van der Waals surface area contributed by atoms with E-state index in [-0.39, 0.29) is 16.4 Å². The van der Waals surface area contributed by atoms with Crippen LogP contribution in [0, 0.1) is 0 Å². The molecule has 0 atom stereocenters. The lowest BCUT2D eigenvalue weighted by Gasteiger charge is -2.09. The first-order valence-corrected chi connectivity index (χ1v) is 9.88. The number of hydrazone groups is 1. The molecule has 0 fully saturated rings. The number of benzene rings is 2. The summed E-state index contributed by atoms with van der Waals surface area (Å²) in [4.78, 5) is 18.3. The minimum absolute atomic E-state index is 0.104. The number of nitrogens with one attached hydrogen (secondary N) is 1. The van der Waals surface area contributed by atoms with Gasteiger partial charge in [-0.1, -0.05) is 18.2 Å². The molecular weight excluding hydrogens is 394 g/mol. The third-order valence-electron chi connectivity index (χ3n) is 3.73. The van der Waals surface area contributed by atoms with Gasteiger partial charge in [0.15, 0.2) is 11.5 Å². The standard InChI is InChI=1S/C20H17N3O5S/c1-27-19-12-15(13-22-23-29(25,26)17-7-3-2-4-8-17)9-10-18(19)28-20(24)16-6-5-11-21-14-16/h2-14,23H,1H3. The molecule has 0 aliphatic heterocycles. The summed E-state index contributed by atoms with van der Waals surface area (Å²) in [5.41, 5.74) is 0.842. The monoisotopic (exact) mass is 411 g/mol. The maximum Gasteiger partial charge on any atom is 0.345 e. The van der Waals surface area contributed by atoms with Crippen molar-refractivity contribution in [1.29, 1.82) is 0 Å². The molecule has 1 aromatic heterocycles. The first-order valence-electron chi connectivity index (χ1n) is 8.40. The van der Waals surface area contributed by atoms with Gasteiger partial charge < -0.3 is 9.47 Å². The second-order valence-corrected chi connectivity index (χ2v) is 7.37. The normalized spacial score (nSPS) is 11.2. The Morgan fingerprint density at radius 1 is 1.07 bits per heavy atom. The highest BCUT2D eigenvalue weighted by Crippen LogP contribution is 2.28. The van der Waals surface area contributed by atoms with Crippen LogP contribution >= 0.6 is 0 Å². The lowest BCUT2D eigenvalue weighted by atomic mass is 10.2. The van der Waals surface area contributed by atoms with E-state index in [0.717, 1.165) is 0 Å². The maximum atomic E-state index is 12.2. The summed E-state index contributed by atoms with van der Waals surface area (Å²) >= 11 is 0. The van der Waals surface area contributed by atoms with Crippen molar-refractivity contribution in [3.63, 3.8) is 0 Å². The fourth-order valence-corrected chi connectivity index (χ4v) is 3.13. The number of nitrogens with zero attached hydrogens (tertiary/aromatic N) is 2. The average molecular weight is 411 g/mol. The Morgan fingerprint density at radius 3 is 2.55 bits per heavy atom. The molecule has 0 amide bonds. The van der Waals surface area contributed by atoms with E-state index in [0.29, 0.717) is 11.1 Å². The van der Waals surface area contributed by atoms with Crippen LogP contribution in [0.15, 0.2) is 83.1 Å². The highest BCUT2D eigenvalue weighted by Gasteiger charge is 2.13. The molecular formula is C20H17N3O5S. The number of esters is 1. The van der Waals surface area contributed by atoms with Crippen molar-refractivity contribution in [2.75, 3.05) is 7.11 Å². The van der Waals surface area contributed by atoms with Crippen LogP contribution in [-0.4, -0.2) is 32.7 Å². The highest BCUT2D eigenvalue weighted by molar-refractivity contribution is 7.89. The number of ether oxygens (including phenoxy) is 2. The van der Waals surface area contributed by atoms with Crippen LogP contribution in [0.1, 0.15) is 15.9 Å². The number of hydrogen-bond acceptors (Lipinski definition) is 7. The largest absolute Gasteiger partial charge is 0.493 e. The predicted molar refractivity (Wildman–Crippen MR) is 107 cm³/mol. The molecule has 0 bridgehead atoms. The zero-order valence-electron chi connectivity index (χ0n) is 15.3. The zero-order valence-corrected chi connectivity index (χ0v) is 16.2. The molecule has 0 aliphatic carbocycles. The number of rotatable bonds is 7. The van der Waals surface area contributed by atoms with E-state index in [2.05, 4.69) is 14.9 Å². The number of carbonyl (C=O) groups excluding carboxylic acids is 1. The summed E-state index contributed by atoms with van der Waals surface area (Å²) in [6, 6.07) is 15.8. The van der Waals surface area contributed by atoms with Crippen molar-refractivity contribution in [2.24, 2.45) is 5.10 Å². The van der Waals surface area contributed by atoms with Gasteiger partial charge in [-0.05, 0) is 48.0 Å². The van der Waals surface area contributed by atoms with E-state index in [9.17, 15) is 13.2 Å². The highest BCUT2D eigenvalue weighted by atomic mass is 32.2. The Balaban J connectivity index is 1.72. The zero-order chi connectivity index (χ0) is 20.7. The van der Waals surface area contributed by atoms with E-state index >= 15 is 0 Å². The maximum absolute atomic E-state index is 12.2. The average Bonchev–Trinajstić information content (AvgIpc) is 2.75. The summed E-state index contributed by atoms with van der Waals surface area (Å²) in [6.07, 6.45) is 4.27. The van der Waals surface area contributed by atoms with Crippen LogP contribution in [0.5, 0.6) is 11.5 Å². The molecule has 3 rings (SSSR count). The van der Waals surface area contributed by atoms with Gasteiger partial charge in [0.05, 0.1) is 23.8 Å². The molecule has 0 spiro atoms. The third-order valence-corrected chi connectivity index (χ3v) is 4.97. The van der Waals surface area contributed by atoms with Crippen LogP contribution in [0.3, 0.4) is 0 Å². The van der Waals surface area contributed by atoms with Gasteiger partial charge in [-0.15, -0.1) is 0 Å². The second kappa shape index (κ2) is 8.98. The van der Waals surface area contributed by atoms with E-state index in [1.807, 2.05) is 0 Å². The molecule has 0 aliphatic rings. The first kappa shape index (κ1) is 20.0. The molecule has 148 valence electrons.